The third kappa shape index (κ3) is 4.74. The van der Waals surface area contributed by atoms with Crippen LogP contribution >= 0.6 is 0 Å². The SMILES string of the molecule is CC[C@H](OC(=O)[C@H]1CC(=O)N(NC(=O)c2ccccc2C)C1)C(=O)c1ccccc1. The van der Waals surface area contributed by atoms with Crippen molar-refractivity contribution in [3.63, 3.8) is 0 Å². The smallest absolute Gasteiger partial charge is 0.312 e. The number of benzene rings is 2. The average Bonchev–Trinajstić information content (AvgIpc) is 3.12. The number of hydrogen-bond acceptors (Lipinski definition) is 5. The number of Topliss-reactive ketones (excluding diaryl/α,β-unsaturated/α-hetero) is 1. The lowest BCUT2D eigenvalue weighted by Crippen LogP contribution is -2.43. The van der Waals surface area contributed by atoms with E-state index in [1.807, 2.05) is 6.07 Å². The monoisotopic (exact) mass is 408 g/mol. The largest absolute Gasteiger partial charge is 0.454 e. The zero-order valence-corrected chi connectivity index (χ0v) is 17.0. The number of aryl methyl sites for hydroxylation is 1. The number of esters is 1. The van der Waals surface area contributed by atoms with Crippen molar-refractivity contribution in [1.82, 2.24) is 10.4 Å². The molecule has 7 nitrogen and oxygen atoms in total. The first-order chi connectivity index (χ1) is 14.4. The Bertz CT molecular complexity index is 957. The van der Waals surface area contributed by atoms with Crippen molar-refractivity contribution in [2.24, 2.45) is 5.92 Å². The molecule has 2 aromatic carbocycles. The molecule has 156 valence electrons. The highest BCUT2D eigenvalue weighted by atomic mass is 16.5. The summed E-state index contributed by atoms with van der Waals surface area (Å²) in [7, 11) is 0. The Morgan fingerprint density at radius 1 is 1.10 bits per heavy atom. The molecular formula is C23H24N2O5. The highest BCUT2D eigenvalue weighted by Gasteiger charge is 2.38. The fourth-order valence-corrected chi connectivity index (χ4v) is 3.33. The van der Waals surface area contributed by atoms with Gasteiger partial charge in [-0.15, -0.1) is 0 Å². The molecule has 0 aromatic heterocycles. The number of ether oxygens (including phenoxy) is 1. The second-order valence-corrected chi connectivity index (χ2v) is 7.23. The Balaban J connectivity index is 1.61. The molecule has 2 amide bonds. The van der Waals surface area contributed by atoms with Crippen molar-refractivity contribution >= 4 is 23.6 Å². The Morgan fingerprint density at radius 3 is 2.43 bits per heavy atom. The van der Waals surface area contributed by atoms with Gasteiger partial charge in [0.25, 0.3) is 5.91 Å². The Hall–Kier alpha value is -3.48. The summed E-state index contributed by atoms with van der Waals surface area (Å²) in [6.45, 7) is 3.56. The third-order valence-electron chi connectivity index (χ3n) is 5.06. The van der Waals surface area contributed by atoms with Gasteiger partial charge in [-0.1, -0.05) is 55.5 Å². The van der Waals surface area contributed by atoms with Gasteiger partial charge in [-0.05, 0) is 25.0 Å². The van der Waals surface area contributed by atoms with Crippen LogP contribution in [0.15, 0.2) is 54.6 Å². The van der Waals surface area contributed by atoms with Gasteiger partial charge in [-0.2, -0.15) is 0 Å². The average molecular weight is 408 g/mol. The number of nitrogens with one attached hydrogen (secondary N) is 1. The van der Waals surface area contributed by atoms with E-state index in [1.54, 1.807) is 62.4 Å². The van der Waals surface area contributed by atoms with Gasteiger partial charge in [-0.3, -0.25) is 29.6 Å². The summed E-state index contributed by atoms with van der Waals surface area (Å²) in [5.41, 5.74) is 4.26. The molecule has 1 aliphatic heterocycles. The van der Waals surface area contributed by atoms with Gasteiger partial charge >= 0.3 is 5.97 Å². The summed E-state index contributed by atoms with van der Waals surface area (Å²) in [6, 6.07) is 15.6. The number of hydrazine groups is 1. The van der Waals surface area contributed by atoms with Gasteiger partial charge < -0.3 is 4.74 Å². The molecule has 0 saturated carbocycles. The lowest BCUT2D eigenvalue weighted by Gasteiger charge is -2.19. The summed E-state index contributed by atoms with van der Waals surface area (Å²) in [5.74, 6) is -2.43. The van der Waals surface area contributed by atoms with E-state index < -0.39 is 23.9 Å². The normalized spacial score (nSPS) is 16.8. The van der Waals surface area contributed by atoms with Crippen LogP contribution in [0.4, 0.5) is 0 Å². The molecule has 0 radical (unpaired) electrons. The standard InChI is InChI=1S/C23H24N2O5/c1-3-19(21(27)16-10-5-4-6-11-16)30-23(29)17-13-20(26)25(14-17)24-22(28)18-12-8-7-9-15(18)2/h4-12,17,19H,3,13-14H2,1-2H3,(H,24,28)/t17-,19-/m0/s1. The van der Waals surface area contributed by atoms with Crippen LogP contribution in [0.5, 0.6) is 0 Å². The predicted molar refractivity (Wildman–Crippen MR) is 109 cm³/mol. The van der Waals surface area contributed by atoms with Crippen LogP contribution in [0.3, 0.4) is 0 Å². The van der Waals surface area contributed by atoms with E-state index in [-0.39, 0.29) is 24.7 Å². The minimum Gasteiger partial charge on any atom is -0.454 e. The van der Waals surface area contributed by atoms with Crippen molar-refractivity contribution < 1.29 is 23.9 Å². The fourth-order valence-electron chi connectivity index (χ4n) is 3.33. The highest BCUT2D eigenvalue weighted by molar-refractivity contribution is 6.01. The van der Waals surface area contributed by atoms with Crippen molar-refractivity contribution in [1.29, 1.82) is 0 Å². The van der Waals surface area contributed by atoms with E-state index in [0.29, 0.717) is 17.5 Å². The van der Waals surface area contributed by atoms with Crippen LogP contribution in [-0.2, 0) is 14.3 Å². The van der Waals surface area contributed by atoms with Crippen molar-refractivity contribution in [3.8, 4) is 0 Å². The zero-order chi connectivity index (χ0) is 21.7. The van der Waals surface area contributed by atoms with Gasteiger partial charge in [0, 0.05) is 17.5 Å². The molecule has 1 heterocycles. The topological polar surface area (TPSA) is 92.8 Å². The molecule has 2 atom stereocenters. The quantitative estimate of drug-likeness (QED) is 0.562. The first-order valence-corrected chi connectivity index (χ1v) is 9.87. The van der Waals surface area contributed by atoms with Crippen molar-refractivity contribution in [3.05, 3.63) is 71.3 Å². The molecule has 2 aromatic rings. The number of carbonyl (C=O) groups excluding carboxylic acids is 4. The molecule has 3 rings (SSSR count). The van der Waals surface area contributed by atoms with E-state index >= 15 is 0 Å². The highest BCUT2D eigenvalue weighted by Crippen LogP contribution is 2.20. The molecule has 7 heteroatoms. The number of hydrogen-bond donors (Lipinski definition) is 1. The van der Waals surface area contributed by atoms with Gasteiger partial charge in [0.1, 0.15) is 0 Å². The van der Waals surface area contributed by atoms with Gasteiger partial charge in [0.2, 0.25) is 11.7 Å². The van der Waals surface area contributed by atoms with E-state index in [2.05, 4.69) is 5.43 Å². The molecule has 0 unspecified atom stereocenters. The number of rotatable bonds is 7. The van der Waals surface area contributed by atoms with E-state index in [9.17, 15) is 19.2 Å². The van der Waals surface area contributed by atoms with Crippen LogP contribution in [0.1, 0.15) is 46.0 Å². The second-order valence-electron chi connectivity index (χ2n) is 7.23. The van der Waals surface area contributed by atoms with Crippen molar-refractivity contribution in [2.75, 3.05) is 6.54 Å². The minimum absolute atomic E-state index is 0.00521. The molecule has 1 aliphatic rings. The van der Waals surface area contributed by atoms with Crippen LogP contribution in [0.25, 0.3) is 0 Å². The maximum atomic E-state index is 12.6. The first kappa shape index (κ1) is 21.2. The maximum Gasteiger partial charge on any atom is 0.312 e. The summed E-state index contributed by atoms with van der Waals surface area (Å²) in [5, 5.41) is 1.14. The summed E-state index contributed by atoms with van der Waals surface area (Å²) in [6.07, 6.45) is -0.665. The van der Waals surface area contributed by atoms with E-state index in [1.165, 1.54) is 0 Å². The Morgan fingerprint density at radius 2 is 1.77 bits per heavy atom. The van der Waals surface area contributed by atoms with Crippen LogP contribution in [0.2, 0.25) is 0 Å². The molecule has 0 aliphatic carbocycles. The molecule has 0 bridgehead atoms. The maximum absolute atomic E-state index is 12.6. The number of ketones is 1. The van der Waals surface area contributed by atoms with Gasteiger partial charge in [0.05, 0.1) is 12.5 Å². The van der Waals surface area contributed by atoms with Crippen LogP contribution in [0, 0.1) is 12.8 Å². The molecular weight excluding hydrogens is 384 g/mol. The molecule has 0 spiro atoms. The van der Waals surface area contributed by atoms with Crippen LogP contribution < -0.4 is 5.43 Å². The van der Waals surface area contributed by atoms with Gasteiger partial charge in [0.15, 0.2) is 6.10 Å². The second kappa shape index (κ2) is 9.35. The number of nitrogens with zero attached hydrogens (tertiary/aromatic N) is 1. The lowest BCUT2D eigenvalue weighted by molar-refractivity contribution is -0.151. The molecule has 1 fully saturated rings. The number of amides is 2. The summed E-state index contributed by atoms with van der Waals surface area (Å²) >= 11 is 0. The van der Waals surface area contributed by atoms with Crippen molar-refractivity contribution in [2.45, 2.75) is 32.8 Å². The summed E-state index contributed by atoms with van der Waals surface area (Å²) in [4.78, 5) is 49.9. The third-order valence-corrected chi connectivity index (χ3v) is 5.06. The van der Waals surface area contributed by atoms with E-state index in [4.69, 9.17) is 4.74 Å². The predicted octanol–water partition coefficient (Wildman–Crippen LogP) is 2.69. The Labute approximate surface area is 175 Å². The fraction of sp³-hybridized carbons (Fsp3) is 0.304. The van der Waals surface area contributed by atoms with Crippen LogP contribution in [-0.4, -0.2) is 41.2 Å². The lowest BCUT2D eigenvalue weighted by atomic mass is 10.0. The zero-order valence-electron chi connectivity index (χ0n) is 17.0. The molecule has 1 N–H and O–H groups in total. The Kier molecular flexibility index (Phi) is 6.61. The minimum atomic E-state index is -0.911. The summed E-state index contributed by atoms with van der Waals surface area (Å²) < 4.78 is 5.43. The van der Waals surface area contributed by atoms with Gasteiger partial charge in [-0.25, -0.2) is 0 Å². The van der Waals surface area contributed by atoms with E-state index in [0.717, 1.165) is 10.6 Å². The molecule has 30 heavy (non-hydrogen) atoms. The first-order valence-electron chi connectivity index (χ1n) is 9.87. The number of carbonyl (C=O) groups is 4. The molecule has 1 saturated heterocycles.